The van der Waals surface area contributed by atoms with E-state index in [2.05, 4.69) is 10.3 Å². The van der Waals surface area contributed by atoms with Gasteiger partial charge in [-0.3, -0.25) is 19.9 Å². The molecule has 25 heavy (non-hydrogen) atoms. The zero-order valence-electron chi connectivity index (χ0n) is 13.3. The zero-order valence-corrected chi connectivity index (χ0v) is 14.0. The van der Waals surface area contributed by atoms with E-state index in [4.69, 9.17) is 11.6 Å². The fourth-order valence-electron chi connectivity index (χ4n) is 2.43. The number of hydrogen-bond donors (Lipinski definition) is 1. The van der Waals surface area contributed by atoms with Crippen LogP contribution in [0.25, 0.3) is 0 Å². The van der Waals surface area contributed by atoms with Gasteiger partial charge in [0.15, 0.2) is 5.92 Å². The first-order valence-electron chi connectivity index (χ1n) is 7.51. The lowest BCUT2D eigenvalue weighted by Crippen LogP contribution is -2.58. The first-order valence-corrected chi connectivity index (χ1v) is 7.89. The number of rotatable bonds is 3. The molecule has 1 heterocycles. The van der Waals surface area contributed by atoms with Crippen LogP contribution >= 0.6 is 11.6 Å². The van der Waals surface area contributed by atoms with Gasteiger partial charge in [-0.1, -0.05) is 23.7 Å². The van der Waals surface area contributed by atoms with Crippen LogP contribution in [0.15, 0.2) is 53.5 Å². The highest BCUT2D eigenvalue weighted by Gasteiger charge is 2.40. The minimum atomic E-state index is -1.19. The van der Waals surface area contributed by atoms with Gasteiger partial charge < -0.3 is 0 Å². The molecule has 0 aromatic heterocycles. The Labute approximate surface area is 149 Å². The summed E-state index contributed by atoms with van der Waals surface area (Å²) in [6.45, 7) is 1.92. The molecular weight excluding hydrogens is 342 g/mol. The van der Waals surface area contributed by atoms with Gasteiger partial charge in [-0.05, 0) is 48.9 Å². The van der Waals surface area contributed by atoms with E-state index < -0.39 is 23.8 Å². The maximum Gasteiger partial charge on any atom is 0.335 e. The number of nitrogens with one attached hydrogen (secondary N) is 1. The van der Waals surface area contributed by atoms with Crippen molar-refractivity contribution in [1.82, 2.24) is 5.32 Å². The molecule has 1 atom stereocenters. The average Bonchev–Trinajstić information content (AvgIpc) is 2.56. The van der Waals surface area contributed by atoms with Crippen molar-refractivity contribution in [3.05, 3.63) is 59.1 Å². The maximum atomic E-state index is 12.6. The summed E-state index contributed by atoms with van der Waals surface area (Å²) in [4.78, 5) is 41.8. The van der Waals surface area contributed by atoms with Gasteiger partial charge in [0.25, 0.3) is 5.91 Å². The molecule has 0 aliphatic carbocycles. The van der Waals surface area contributed by atoms with Gasteiger partial charge in [0.05, 0.1) is 11.4 Å². The Bertz CT molecular complexity index is 877. The van der Waals surface area contributed by atoms with Crippen LogP contribution in [0.2, 0.25) is 5.02 Å². The van der Waals surface area contributed by atoms with Crippen molar-refractivity contribution in [3.63, 3.8) is 0 Å². The van der Waals surface area contributed by atoms with Crippen molar-refractivity contribution in [1.29, 1.82) is 0 Å². The summed E-state index contributed by atoms with van der Waals surface area (Å²) in [6, 6.07) is 12.7. The van der Waals surface area contributed by atoms with Crippen LogP contribution in [-0.4, -0.2) is 24.1 Å². The number of hydrogen-bond acceptors (Lipinski definition) is 4. The SMILES string of the molecule is Cc1cccc(N=C[C@@H]2C(=O)NC(=O)N(c3ccc(Cl)cc3)C2=O)c1. The predicted molar refractivity (Wildman–Crippen MR) is 95.3 cm³/mol. The monoisotopic (exact) mass is 355 g/mol. The van der Waals surface area contributed by atoms with Gasteiger partial charge in [-0.2, -0.15) is 0 Å². The fraction of sp³-hybridized carbons (Fsp3) is 0.111. The lowest BCUT2D eigenvalue weighted by atomic mass is 10.1. The highest BCUT2D eigenvalue weighted by atomic mass is 35.5. The molecule has 1 fully saturated rings. The summed E-state index contributed by atoms with van der Waals surface area (Å²) in [5.74, 6) is -2.54. The number of anilines is 1. The standard InChI is InChI=1S/C18H14ClN3O3/c1-11-3-2-4-13(9-11)20-10-15-16(23)21-18(25)22(17(15)24)14-7-5-12(19)6-8-14/h2-10,15H,1H3,(H,21,23,25)/t15-/m1/s1. The van der Waals surface area contributed by atoms with Gasteiger partial charge in [-0.25, -0.2) is 9.69 Å². The highest BCUT2D eigenvalue weighted by molar-refractivity contribution is 6.33. The van der Waals surface area contributed by atoms with Gasteiger partial charge in [0.1, 0.15) is 0 Å². The summed E-state index contributed by atoms with van der Waals surface area (Å²) in [5, 5.41) is 2.65. The first-order chi connectivity index (χ1) is 12.0. The van der Waals surface area contributed by atoms with Crippen LogP contribution in [0.5, 0.6) is 0 Å². The van der Waals surface area contributed by atoms with Gasteiger partial charge in [0.2, 0.25) is 5.91 Å². The van der Waals surface area contributed by atoms with E-state index in [0.717, 1.165) is 10.5 Å². The van der Waals surface area contributed by atoms with Gasteiger partial charge in [-0.15, -0.1) is 0 Å². The number of benzene rings is 2. The smallest absolute Gasteiger partial charge is 0.276 e. The minimum Gasteiger partial charge on any atom is -0.276 e. The molecular formula is C18H14ClN3O3. The van der Waals surface area contributed by atoms with E-state index in [1.807, 2.05) is 25.1 Å². The number of nitrogens with zero attached hydrogens (tertiary/aromatic N) is 2. The van der Waals surface area contributed by atoms with Crippen molar-refractivity contribution in [2.24, 2.45) is 10.9 Å². The second kappa shape index (κ2) is 6.86. The van der Waals surface area contributed by atoms with E-state index >= 15 is 0 Å². The van der Waals surface area contributed by atoms with Gasteiger partial charge >= 0.3 is 6.03 Å². The molecule has 126 valence electrons. The molecule has 0 spiro atoms. The van der Waals surface area contributed by atoms with E-state index in [-0.39, 0.29) is 0 Å². The Hall–Kier alpha value is -2.99. The number of carbonyl (C=O) groups excluding carboxylic acids is 3. The molecule has 1 N–H and O–H groups in total. The van der Waals surface area contributed by atoms with Crippen LogP contribution in [0.3, 0.4) is 0 Å². The summed E-state index contributed by atoms with van der Waals surface area (Å²) in [6.07, 6.45) is 1.25. The number of halogens is 1. The number of barbiturate groups is 1. The summed E-state index contributed by atoms with van der Waals surface area (Å²) in [5.41, 5.74) is 1.95. The molecule has 1 aliphatic heterocycles. The summed E-state index contributed by atoms with van der Waals surface area (Å²) in [7, 11) is 0. The van der Waals surface area contributed by atoms with Crippen LogP contribution in [0, 0.1) is 12.8 Å². The molecule has 0 saturated carbocycles. The molecule has 0 radical (unpaired) electrons. The first kappa shape index (κ1) is 16.9. The van der Waals surface area contributed by atoms with Crippen LogP contribution in [0.1, 0.15) is 5.56 Å². The second-order valence-electron chi connectivity index (χ2n) is 5.54. The molecule has 6 nitrogen and oxygen atoms in total. The van der Waals surface area contributed by atoms with Crippen LogP contribution in [-0.2, 0) is 9.59 Å². The minimum absolute atomic E-state index is 0.327. The Morgan fingerprint density at radius 3 is 2.52 bits per heavy atom. The molecule has 3 rings (SSSR count). The number of amides is 4. The summed E-state index contributed by atoms with van der Waals surface area (Å²) < 4.78 is 0. The summed E-state index contributed by atoms with van der Waals surface area (Å²) >= 11 is 5.83. The molecule has 2 aromatic carbocycles. The molecule has 0 unspecified atom stereocenters. The van der Waals surface area contributed by atoms with E-state index in [1.165, 1.54) is 18.3 Å². The second-order valence-corrected chi connectivity index (χ2v) is 5.98. The number of aliphatic imine (C=N–C) groups is 1. The maximum absolute atomic E-state index is 12.6. The Morgan fingerprint density at radius 2 is 1.84 bits per heavy atom. The third kappa shape index (κ3) is 3.59. The van der Waals surface area contributed by atoms with Crippen molar-refractivity contribution < 1.29 is 14.4 Å². The predicted octanol–water partition coefficient (Wildman–Crippen LogP) is 3.25. The van der Waals surface area contributed by atoms with Crippen molar-refractivity contribution >= 4 is 47.0 Å². The normalized spacial score (nSPS) is 17.9. The molecule has 4 amide bonds. The third-order valence-electron chi connectivity index (χ3n) is 3.66. The zero-order chi connectivity index (χ0) is 18.0. The molecule has 2 aromatic rings. The number of carbonyl (C=O) groups is 3. The quantitative estimate of drug-likeness (QED) is 0.678. The fourth-order valence-corrected chi connectivity index (χ4v) is 2.55. The number of aryl methyl sites for hydroxylation is 1. The molecule has 1 saturated heterocycles. The number of imide groups is 2. The van der Waals surface area contributed by atoms with Crippen molar-refractivity contribution in [3.8, 4) is 0 Å². The largest absolute Gasteiger partial charge is 0.335 e. The van der Waals surface area contributed by atoms with Gasteiger partial charge in [0, 0.05) is 11.2 Å². The average molecular weight is 356 g/mol. The Balaban J connectivity index is 1.89. The van der Waals surface area contributed by atoms with Crippen molar-refractivity contribution in [2.75, 3.05) is 4.90 Å². The van der Waals surface area contributed by atoms with Crippen molar-refractivity contribution in [2.45, 2.75) is 6.92 Å². The van der Waals surface area contributed by atoms with E-state index in [9.17, 15) is 14.4 Å². The van der Waals surface area contributed by atoms with Crippen LogP contribution in [0.4, 0.5) is 16.2 Å². The lowest BCUT2D eigenvalue weighted by Gasteiger charge is -2.28. The topological polar surface area (TPSA) is 78.8 Å². The molecule has 0 bridgehead atoms. The van der Waals surface area contributed by atoms with E-state index in [1.54, 1.807) is 18.2 Å². The highest BCUT2D eigenvalue weighted by Crippen LogP contribution is 2.23. The Kier molecular flexibility index (Phi) is 4.63. The third-order valence-corrected chi connectivity index (χ3v) is 3.91. The molecule has 7 heteroatoms. The molecule has 1 aliphatic rings. The van der Waals surface area contributed by atoms with Crippen LogP contribution < -0.4 is 10.2 Å². The Morgan fingerprint density at radius 1 is 1.12 bits per heavy atom. The lowest BCUT2D eigenvalue weighted by molar-refractivity contribution is -0.131. The number of urea groups is 1. The van der Waals surface area contributed by atoms with E-state index in [0.29, 0.717) is 16.4 Å².